The Morgan fingerprint density at radius 2 is 0.963 bits per heavy atom. The molecule has 1 amide bonds. The highest BCUT2D eigenvalue weighted by atomic mass is 31.2. The molecule has 0 spiro atoms. The molecule has 0 aromatic carbocycles. The number of unbranched alkanes of at least 4 members (excludes halogenated alkanes) is 30. The molecule has 0 aliphatic heterocycles. The molecule has 3 unspecified atom stereocenters. The average Bonchev–Trinajstić information content (AvgIpc) is 3.16. The molecule has 0 fully saturated rings. The van der Waals surface area contributed by atoms with Crippen molar-refractivity contribution in [3.8, 4) is 0 Å². The Morgan fingerprint density at radius 3 is 1.37 bits per heavy atom. The van der Waals surface area contributed by atoms with E-state index in [2.05, 4.69) is 31.3 Å². The minimum absolute atomic E-state index is 0.0904. The van der Waals surface area contributed by atoms with Gasteiger partial charge in [-0.2, -0.15) is 0 Å². The molecule has 0 aliphatic rings. The Morgan fingerprint density at radius 1 is 0.593 bits per heavy atom. The first-order chi connectivity index (χ1) is 26.4. The fraction of sp³-hybridized carbons (Fsp3) is 0.933. The van der Waals surface area contributed by atoms with Gasteiger partial charge in [0.2, 0.25) is 5.91 Å². The van der Waals surface area contributed by atoms with Crippen LogP contribution in [-0.2, 0) is 18.4 Å². The molecule has 0 saturated carbocycles. The van der Waals surface area contributed by atoms with Crippen LogP contribution in [0.4, 0.5) is 0 Å². The molecule has 0 bridgehead atoms. The van der Waals surface area contributed by atoms with E-state index in [-0.39, 0.29) is 25.7 Å². The van der Waals surface area contributed by atoms with Gasteiger partial charge >= 0.3 is 7.82 Å². The molecule has 322 valence electrons. The van der Waals surface area contributed by atoms with Crippen molar-refractivity contribution in [2.45, 2.75) is 251 Å². The third kappa shape index (κ3) is 39.5. The number of amides is 1. The van der Waals surface area contributed by atoms with Crippen molar-refractivity contribution < 1.29 is 28.4 Å². The van der Waals surface area contributed by atoms with Crippen LogP contribution in [0.3, 0.4) is 0 Å². The highest BCUT2D eigenvalue weighted by Crippen LogP contribution is 2.43. The van der Waals surface area contributed by atoms with Crippen molar-refractivity contribution in [3.05, 3.63) is 12.2 Å². The second-order valence-electron chi connectivity index (χ2n) is 16.0. The summed E-state index contributed by atoms with van der Waals surface area (Å²) in [5, 5.41) is 13.8. The second kappa shape index (κ2) is 41.9. The van der Waals surface area contributed by atoms with Crippen LogP contribution in [-0.4, -0.2) is 47.8 Å². The van der Waals surface area contributed by atoms with Gasteiger partial charge in [-0.3, -0.25) is 13.8 Å². The zero-order chi connectivity index (χ0) is 39.6. The SMILES string of the molecule is CCCCCCCCCC/C=C\CCCCCCCCCCCC(=O)NC(COP(=O)(O)OCCN)C(O)CCCCCCCCCCCCCCCC. The van der Waals surface area contributed by atoms with Crippen molar-refractivity contribution in [2.24, 2.45) is 5.73 Å². The number of phosphoric ester groups is 1. The number of nitrogens with two attached hydrogens (primary N) is 1. The van der Waals surface area contributed by atoms with Crippen molar-refractivity contribution in [3.63, 3.8) is 0 Å². The topological polar surface area (TPSA) is 131 Å². The Hall–Kier alpha value is -0.760. The van der Waals surface area contributed by atoms with Gasteiger partial charge in [-0.25, -0.2) is 4.57 Å². The van der Waals surface area contributed by atoms with Crippen LogP contribution in [0.25, 0.3) is 0 Å². The van der Waals surface area contributed by atoms with Gasteiger partial charge in [0.05, 0.1) is 25.4 Å². The molecular weight excluding hydrogens is 695 g/mol. The fourth-order valence-corrected chi connectivity index (χ4v) is 7.83. The summed E-state index contributed by atoms with van der Waals surface area (Å²) in [5.74, 6) is -0.161. The maximum Gasteiger partial charge on any atom is 0.472 e. The largest absolute Gasteiger partial charge is 0.472 e. The Kier molecular flexibility index (Phi) is 41.3. The van der Waals surface area contributed by atoms with Gasteiger partial charge < -0.3 is 21.1 Å². The number of phosphoric acid groups is 1. The van der Waals surface area contributed by atoms with Crippen LogP contribution in [0.15, 0.2) is 12.2 Å². The van der Waals surface area contributed by atoms with E-state index in [9.17, 15) is 19.4 Å². The second-order valence-corrected chi connectivity index (χ2v) is 17.4. The maximum absolute atomic E-state index is 12.8. The summed E-state index contributed by atoms with van der Waals surface area (Å²) in [7, 11) is -4.31. The number of aliphatic hydroxyl groups excluding tert-OH is 1. The van der Waals surface area contributed by atoms with E-state index in [1.165, 1.54) is 173 Å². The molecule has 0 radical (unpaired) electrons. The Balaban J connectivity index is 4.07. The van der Waals surface area contributed by atoms with Gasteiger partial charge in [0.25, 0.3) is 0 Å². The summed E-state index contributed by atoms with van der Waals surface area (Å²) in [4.78, 5) is 22.8. The maximum atomic E-state index is 12.8. The number of carbonyl (C=O) groups excluding carboxylic acids is 1. The van der Waals surface area contributed by atoms with Crippen LogP contribution in [0.1, 0.15) is 239 Å². The average molecular weight is 787 g/mol. The summed E-state index contributed by atoms with van der Waals surface area (Å²) < 4.78 is 22.2. The molecule has 0 aromatic heterocycles. The minimum atomic E-state index is -4.31. The monoisotopic (exact) mass is 787 g/mol. The van der Waals surface area contributed by atoms with Crippen molar-refractivity contribution >= 4 is 13.7 Å². The van der Waals surface area contributed by atoms with Gasteiger partial charge in [0.1, 0.15) is 0 Å². The number of allylic oxidation sites excluding steroid dienone is 2. The first-order valence-electron chi connectivity index (χ1n) is 23.3. The summed E-state index contributed by atoms with van der Waals surface area (Å²) >= 11 is 0. The zero-order valence-corrected chi connectivity index (χ0v) is 36.6. The zero-order valence-electron chi connectivity index (χ0n) is 35.7. The lowest BCUT2D eigenvalue weighted by molar-refractivity contribution is -0.123. The first kappa shape index (κ1) is 53.2. The molecular formula is C45H91N2O6P. The smallest absolute Gasteiger partial charge is 0.391 e. The summed E-state index contributed by atoms with van der Waals surface area (Å²) in [6, 6.07) is -0.771. The molecule has 8 nitrogen and oxygen atoms in total. The Labute approximate surface area is 335 Å². The van der Waals surface area contributed by atoms with Crippen LogP contribution in [0, 0.1) is 0 Å². The van der Waals surface area contributed by atoms with Crippen LogP contribution >= 0.6 is 7.82 Å². The molecule has 3 atom stereocenters. The first-order valence-corrected chi connectivity index (χ1v) is 24.8. The van der Waals surface area contributed by atoms with E-state index in [1.54, 1.807) is 0 Å². The van der Waals surface area contributed by atoms with Crippen LogP contribution in [0.5, 0.6) is 0 Å². The molecule has 0 rings (SSSR count). The number of hydrogen-bond acceptors (Lipinski definition) is 6. The molecule has 9 heteroatoms. The van der Waals surface area contributed by atoms with Gasteiger partial charge in [-0.05, 0) is 38.5 Å². The summed E-state index contributed by atoms with van der Waals surface area (Å²) in [5.41, 5.74) is 5.38. The molecule has 0 saturated heterocycles. The predicted octanol–water partition coefficient (Wildman–Crippen LogP) is 13.2. The highest BCUT2D eigenvalue weighted by Gasteiger charge is 2.27. The summed E-state index contributed by atoms with van der Waals surface area (Å²) in [6.07, 6.45) is 46.5. The quantitative estimate of drug-likeness (QED) is 0.0275. The number of aliphatic hydroxyl groups is 1. The third-order valence-corrected chi connectivity index (χ3v) is 11.6. The van der Waals surface area contributed by atoms with E-state index in [4.69, 9.17) is 14.8 Å². The van der Waals surface area contributed by atoms with Gasteiger partial charge in [-0.15, -0.1) is 0 Å². The van der Waals surface area contributed by atoms with Crippen LogP contribution < -0.4 is 11.1 Å². The standard InChI is InChI=1S/C45H91N2O6P/c1-3-5-7-9-11-13-15-17-19-20-21-22-23-24-25-27-29-31-33-35-37-39-45(49)47-43(42-53-54(50,51)52-41-40-46)44(48)38-36-34-32-30-28-26-18-16-14-12-10-8-6-4-2/h20-21,43-44,48H,3-19,22-42,46H2,1-2H3,(H,47,49)(H,50,51)/b21-20-. The molecule has 0 heterocycles. The van der Waals surface area contributed by atoms with E-state index in [0.717, 1.165) is 38.5 Å². The lowest BCUT2D eigenvalue weighted by Gasteiger charge is -2.25. The lowest BCUT2D eigenvalue weighted by atomic mass is 10.0. The van der Waals surface area contributed by atoms with E-state index < -0.39 is 20.0 Å². The minimum Gasteiger partial charge on any atom is -0.391 e. The highest BCUT2D eigenvalue weighted by molar-refractivity contribution is 7.47. The van der Waals surface area contributed by atoms with Gasteiger partial charge in [0, 0.05) is 13.0 Å². The summed E-state index contributed by atoms with van der Waals surface area (Å²) in [6.45, 7) is 4.23. The van der Waals surface area contributed by atoms with Crippen LogP contribution in [0.2, 0.25) is 0 Å². The van der Waals surface area contributed by atoms with Crippen molar-refractivity contribution in [1.82, 2.24) is 5.32 Å². The number of carbonyl (C=O) groups is 1. The number of rotatable bonds is 44. The lowest BCUT2D eigenvalue weighted by Crippen LogP contribution is -2.46. The third-order valence-electron chi connectivity index (χ3n) is 10.6. The normalized spacial score (nSPS) is 14.1. The number of nitrogens with one attached hydrogen (secondary N) is 1. The molecule has 5 N–H and O–H groups in total. The van der Waals surface area contributed by atoms with E-state index in [0.29, 0.717) is 12.8 Å². The van der Waals surface area contributed by atoms with Gasteiger partial charge in [-0.1, -0.05) is 206 Å². The molecule has 54 heavy (non-hydrogen) atoms. The van der Waals surface area contributed by atoms with E-state index in [1.807, 2.05) is 0 Å². The molecule has 0 aromatic rings. The Bertz CT molecular complexity index is 860. The van der Waals surface area contributed by atoms with Gasteiger partial charge in [0.15, 0.2) is 0 Å². The predicted molar refractivity (Wildman–Crippen MR) is 231 cm³/mol. The van der Waals surface area contributed by atoms with Crippen molar-refractivity contribution in [1.29, 1.82) is 0 Å². The molecule has 0 aliphatic carbocycles. The fourth-order valence-electron chi connectivity index (χ4n) is 7.07. The van der Waals surface area contributed by atoms with Crippen molar-refractivity contribution in [2.75, 3.05) is 19.8 Å². The number of hydrogen-bond donors (Lipinski definition) is 4. The van der Waals surface area contributed by atoms with E-state index >= 15 is 0 Å².